The van der Waals surface area contributed by atoms with Gasteiger partial charge in [0.25, 0.3) is 0 Å². The van der Waals surface area contributed by atoms with Crippen molar-refractivity contribution in [2.24, 2.45) is 0 Å². The molecule has 126 valence electrons. The predicted octanol–water partition coefficient (Wildman–Crippen LogP) is 4.22. The molecule has 1 aliphatic carbocycles. The summed E-state index contributed by atoms with van der Waals surface area (Å²) in [5, 5.41) is 3.42. The number of anilines is 1. The Balaban J connectivity index is 1.71. The van der Waals surface area contributed by atoms with Gasteiger partial charge in [-0.05, 0) is 70.2 Å². The summed E-state index contributed by atoms with van der Waals surface area (Å²) in [7, 11) is 0. The van der Waals surface area contributed by atoms with Crippen LogP contribution >= 0.6 is 0 Å². The van der Waals surface area contributed by atoms with Gasteiger partial charge in [0.2, 0.25) is 5.91 Å². The van der Waals surface area contributed by atoms with Gasteiger partial charge in [0.15, 0.2) is 0 Å². The van der Waals surface area contributed by atoms with Gasteiger partial charge in [-0.3, -0.25) is 4.79 Å². The fraction of sp³-hybridized carbons (Fsp3) is 0.550. The number of nitrogens with zero attached hydrogens (tertiary/aromatic N) is 1. The molecule has 1 aromatic carbocycles. The van der Waals surface area contributed by atoms with Gasteiger partial charge in [-0.25, -0.2) is 0 Å². The molecule has 0 saturated carbocycles. The maximum absolute atomic E-state index is 12.4. The van der Waals surface area contributed by atoms with Crippen molar-refractivity contribution in [2.45, 2.75) is 52.4 Å². The second-order valence-electron chi connectivity index (χ2n) is 6.34. The number of benzene rings is 1. The fourth-order valence-corrected chi connectivity index (χ4v) is 3.13. The summed E-state index contributed by atoms with van der Waals surface area (Å²) in [6.45, 7) is 6.55. The minimum Gasteiger partial charge on any atom is -0.316 e. The first-order valence-corrected chi connectivity index (χ1v) is 8.96. The molecular formula is C20H30N2O. The minimum atomic E-state index is 0.197. The Hall–Kier alpha value is -1.61. The lowest BCUT2D eigenvalue weighted by Crippen LogP contribution is -2.33. The second kappa shape index (κ2) is 9.51. The molecule has 0 unspecified atom stereocenters. The molecule has 1 aliphatic rings. The van der Waals surface area contributed by atoms with Gasteiger partial charge >= 0.3 is 0 Å². The molecule has 0 aliphatic heterocycles. The third kappa shape index (κ3) is 5.83. The van der Waals surface area contributed by atoms with Gasteiger partial charge < -0.3 is 10.2 Å². The van der Waals surface area contributed by atoms with Crippen molar-refractivity contribution in [3.05, 3.63) is 41.5 Å². The Labute approximate surface area is 140 Å². The summed E-state index contributed by atoms with van der Waals surface area (Å²) in [5.74, 6) is 0.197. The number of aryl methyl sites for hydroxylation is 1. The summed E-state index contributed by atoms with van der Waals surface area (Å²) in [4.78, 5) is 14.3. The SMILES string of the molecule is CCN(C(=O)CCNCCC1=CCCCC1)c1cccc(C)c1. The van der Waals surface area contributed by atoms with E-state index in [0.717, 1.165) is 31.7 Å². The molecule has 1 N–H and O–H groups in total. The van der Waals surface area contributed by atoms with Gasteiger partial charge in [0.1, 0.15) is 0 Å². The van der Waals surface area contributed by atoms with E-state index >= 15 is 0 Å². The first-order valence-electron chi connectivity index (χ1n) is 8.96. The maximum atomic E-state index is 12.4. The number of nitrogens with one attached hydrogen (secondary N) is 1. The van der Waals surface area contributed by atoms with E-state index in [1.54, 1.807) is 5.57 Å². The lowest BCUT2D eigenvalue weighted by molar-refractivity contribution is -0.118. The normalized spacial score (nSPS) is 14.4. The molecule has 0 spiro atoms. The highest BCUT2D eigenvalue weighted by molar-refractivity contribution is 5.93. The van der Waals surface area contributed by atoms with Gasteiger partial charge in [-0.2, -0.15) is 0 Å². The lowest BCUT2D eigenvalue weighted by Gasteiger charge is -2.21. The average Bonchev–Trinajstić information content (AvgIpc) is 2.56. The van der Waals surface area contributed by atoms with E-state index in [-0.39, 0.29) is 5.91 Å². The molecule has 3 nitrogen and oxygen atoms in total. The third-order valence-electron chi connectivity index (χ3n) is 4.45. The first-order chi connectivity index (χ1) is 11.2. The van der Waals surface area contributed by atoms with Crippen LogP contribution in [-0.4, -0.2) is 25.5 Å². The highest BCUT2D eigenvalue weighted by atomic mass is 16.2. The number of rotatable bonds is 8. The van der Waals surface area contributed by atoms with Crippen molar-refractivity contribution in [2.75, 3.05) is 24.5 Å². The Kier molecular flexibility index (Phi) is 7.34. The zero-order valence-electron chi connectivity index (χ0n) is 14.6. The summed E-state index contributed by atoms with van der Waals surface area (Å²) in [6, 6.07) is 8.15. The van der Waals surface area contributed by atoms with E-state index in [1.165, 1.54) is 31.2 Å². The van der Waals surface area contributed by atoms with Crippen molar-refractivity contribution in [3.8, 4) is 0 Å². The predicted molar refractivity (Wildman–Crippen MR) is 97.9 cm³/mol. The fourth-order valence-electron chi connectivity index (χ4n) is 3.13. The number of carbonyl (C=O) groups excluding carboxylic acids is 1. The molecule has 1 aromatic rings. The van der Waals surface area contributed by atoms with Gasteiger partial charge in [-0.1, -0.05) is 23.8 Å². The molecule has 3 heteroatoms. The smallest absolute Gasteiger partial charge is 0.228 e. The molecule has 0 fully saturated rings. The van der Waals surface area contributed by atoms with Crippen molar-refractivity contribution in [1.82, 2.24) is 5.32 Å². The van der Waals surface area contributed by atoms with E-state index < -0.39 is 0 Å². The monoisotopic (exact) mass is 314 g/mol. The van der Waals surface area contributed by atoms with E-state index in [1.807, 2.05) is 24.0 Å². The van der Waals surface area contributed by atoms with Crippen molar-refractivity contribution < 1.29 is 4.79 Å². The number of amides is 1. The molecule has 0 bridgehead atoms. The molecule has 0 atom stereocenters. The molecular weight excluding hydrogens is 284 g/mol. The van der Waals surface area contributed by atoms with Crippen molar-refractivity contribution in [1.29, 1.82) is 0 Å². The number of hydrogen-bond donors (Lipinski definition) is 1. The summed E-state index contributed by atoms with van der Waals surface area (Å²) < 4.78 is 0. The molecule has 1 amide bonds. The Morgan fingerprint density at radius 1 is 1.26 bits per heavy atom. The van der Waals surface area contributed by atoms with Crippen LogP contribution in [0.2, 0.25) is 0 Å². The van der Waals surface area contributed by atoms with E-state index in [2.05, 4.69) is 30.4 Å². The topological polar surface area (TPSA) is 32.3 Å². The van der Waals surface area contributed by atoms with Gasteiger partial charge in [0.05, 0.1) is 0 Å². The maximum Gasteiger partial charge on any atom is 0.228 e. The van der Waals surface area contributed by atoms with Crippen LogP contribution in [0.4, 0.5) is 5.69 Å². The van der Waals surface area contributed by atoms with Crippen LogP contribution in [0.25, 0.3) is 0 Å². The van der Waals surface area contributed by atoms with Gasteiger partial charge in [0, 0.05) is 25.2 Å². The highest BCUT2D eigenvalue weighted by Gasteiger charge is 2.13. The van der Waals surface area contributed by atoms with Crippen LogP contribution in [0.5, 0.6) is 0 Å². The standard InChI is InChI=1S/C20H30N2O/c1-3-22(19-11-7-8-17(2)16-19)20(23)13-15-21-14-12-18-9-5-4-6-10-18/h7-9,11,16,21H,3-6,10,12-15H2,1-2H3. The van der Waals surface area contributed by atoms with Crippen LogP contribution in [0.3, 0.4) is 0 Å². The lowest BCUT2D eigenvalue weighted by atomic mass is 9.97. The molecule has 2 rings (SSSR count). The molecule has 0 radical (unpaired) electrons. The van der Waals surface area contributed by atoms with Gasteiger partial charge in [-0.15, -0.1) is 0 Å². The Morgan fingerprint density at radius 3 is 2.83 bits per heavy atom. The number of hydrogen-bond acceptors (Lipinski definition) is 2. The molecule has 23 heavy (non-hydrogen) atoms. The molecule has 0 heterocycles. The average molecular weight is 314 g/mol. The second-order valence-corrected chi connectivity index (χ2v) is 6.34. The van der Waals surface area contributed by atoms with Crippen LogP contribution in [0.15, 0.2) is 35.9 Å². The van der Waals surface area contributed by atoms with Crippen molar-refractivity contribution >= 4 is 11.6 Å². The van der Waals surface area contributed by atoms with E-state index in [9.17, 15) is 4.79 Å². The summed E-state index contributed by atoms with van der Waals surface area (Å²) in [6.07, 6.45) is 9.27. The first kappa shape index (κ1) is 17.7. The van der Waals surface area contributed by atoms with Crippen molar-refractivity contribution in [3.63, 3.8) is 0 Å². The van der Waals surface area contributed by atoms with E-state index in [0.29, 0.717) is 6.42 Å². The van der Waals surface area contributed by atoms with E-state index in [4.69, 9.17) is 0 Å². The zero-order valence-corrected chi connectivity index (χ0v) is 14.6. The Morgan fingerprint density at radius 2 is 2.13 bits per heavy atom. The van der Waals surface area contributed by atoms with Crippen LogP contribution in [0.1, 0.15) is 51.0 Å². The molecule has 0 saturated heterocycles. The zero-order chi connectivity index (χ0) is 16.5. The highest BCUT2D eigenvalue weighted by Crippen LogP contribution is 2.19. The largest absolute Gasteiger partial charge is 0.316 e. The Bertz CT molecular complexity index is 536. The number of carbonyl (C=O) groups is 1. The summed E-state index contributed by atoms with van der Waals surface area (Å²) in [5.41, 5.74) is 3.78. The minimum absolute atomic E-state index is 0.197. The quantitative estimate of drug-likeness (QED) is 0.575. The summed E-state index contributed by atoms with van der Waals surface area (Å²) >= 11 is 0. The third-order valence-corrected chi connectivity index (χ3v) is 4.45. The van der Waals surface area contributed by atoms with Crippen LogP contribution in [-0.2, 0) is 4.79 Å². The van der Waals surface area contributed by atoms with Crippen LogP contribution < -0.4 is 10.2 Å². The molecule has 0 aromatic heterocycles. The number of allylic oxidation sites excluding steroid dienone is 1. The van der Waals surface area contributed by atoms with Crippen LogP contribution in [0, 0.1) is 6.92 Å².